The molecule has 45 heavy (non-hydrogen) atoms. The summed E-state index contributed by atoms with van der Waals surface area (Å²) in [5.41, 5.74) is -0.568. The lowest BCUT2D eigenvalue weighted by molar-refractivity contribution is -0.115. The van der Waals surface area contributed by atoms with Gasteiger partial charge in [-0.2, -0.15) is 13.2 Å². The number of piperazine rings is 1. The number of benzene rings is 1. The number of nitrogens with one attached hydrogen (secondary N) is 2. The summed E-state index contributed by atoms with van der Waals surface area (Å²) in [5.74, 6) is 0.239. The van der Waals surface area contributed by atoms with Crippen molar-refractivity contribution in [1.82, 2.24) is 14.8 Å². The maximum Gasteiger partial charge on any atom is 0.405 e. The summed E-state index contributed by atoms with van der Waals surface area (Å²) in [6.07, 6.45) is -0.990. The Labute approximate surface area is 263 Å². The van der Waals surface area contributed by atoms with Gasteiger partial charge in [-0.25, -0.2) is 9.78 Å². The molecule has 3 heterocycles. The molecule has 0 bridgehead atoms. The van der Waals surface area contributed by atoms with Gasteiger partial charge in [0, 0.05) is 37.8 Å². The number of likely N-dealkylation sites (tertiary alicyclic amines) is 1. The highest BCUT2D eigenvalue weighted by atomic mass is 35.5. The van der Waals surface area contributed by atoms with E-state index in [0.29, 0.717) is 29.0 Å². The number of ether oxygens (including phenoxy) is 1. The number of rotatable bonds is 9. The fourth-order valence-corrected chi connectivity index (χ4v) is 6.49. The van der Waals surface area contributed by atoms with Crippen molar-refractivity contribution in [3.05, 3.63) is 73.1 Å². The fourth-order valence-electron chi connectivity index (χ4n) is 6.21. The molecule has 2 aromatic carbocycles. The average molecular weight is 649 g/mol. The van der Waals surface area contributed by atoms with E-state index in [9.17, 15) is 27.6 Å². The Balaban J connectivity index is 1.16. The number of carbonyl (C=O) groups excluding carboxylic acids is 1. The van der Waals surface area contributed by atoms with Crippen molar-refractivity contribution in [3.8, 4) is 0 Å². The summed E-state index contributed by atoms with van der Waals surface area (Å²) in [6, 6.07) is 9.90. The minimum atomic E-state index is -4.54. The van der Waals surface area contributed by atoms with Gasteiger partial charge in [0.25, 0.3) is 10.9 Å². The van der Waals surface area contributed by atoms with Crippen LogP contribution in [0.4, 0.5) is 36.1 Å². The zero-order valence-electron chi connectivity index (χ0n) is 25.3. The van der Waals surface area contributed by atoms with Crippen LogP contribution in [0.1, 0.15) is 42.6 Å². The second-order valence-corrected chi connectivity index (χ2v) is 12.2. The van der Waals surface area contributed by atoms with Crippen LogP contribution in [0.25, 0.3) is 0 Å². The Morgan fingerprint density at radius 2 is 1.71 bits per heavy atom. The number of methoxy groups -OCH3 is 1. The largest absolute Gasteiger partial charge is 0.465 e. The van der Waals surface area contributed by atoms with E-state index in [2.05, 4.69) is 38.8 Å². The van der Waals surface area contributed by atoms with Crippen LogP contribution in [0.15, 0.2) is 46.1 Å². The summed E-state index contributed by atoms with van der Waals surface area (Å²) in [7, 11) is 1.37. The Kier molecular flexibility index (Phi) is 9.71. The molecule has 0 radical (unpaired) electrons. The van der Waals surface area contributed by atoms with Crippen LogP contribution in [-0.4, -0.2) is 84.9 Å². The molecule has 0 aliphatic carbocycles. The molecule has 2 saturated heterocycles. The number of pyridine rings is 1. The van der Waals surface area contributed by atoms with Crippen molar-refractivity contribution in [2.75, 3.05) is 55.4 Å². The number of esters is 1. The van der Waals surface area contributed by atoms with Gasteiger partial charge in [0.2, 0.25) is 0 Å². The molecular weight excluding hydrogens is 613 g/mol. The minimum Gasteiger partial charge on any atom is -0.465 e. The van der Waals surface area contributed by atoms with Gasteiger partial charge >= 0.3 is 12.1 Å². The molecule has 2 aliphatic rings. The number of halogens is 4. The number of anilines is 4. The Bertz CT molecular complexity index is 1590. The number of aromatic nitrogens is 1. The number of nitrogens with zero attached hydrogens (tertiary/aromatic N) is 4. The quantitative estimate of drug-likeness (QED) is 0.256. The van der Waals surface area contributed by atoms with Crippen molar-refractivity contribution < 1.29 is 22.7 Å². The first kappa shape index (κ1) is 32.7. The van der Waals surface area contributed by atoms with E-state index in [-0.39, 0.29) is 29.4 Å². The third-order valence-electron chi connectivity index (χ3n) is 8.58. The first-order chi connectivity index (χ1) is 21.3. The minimum absolute atomic E-state index is 0.114. The Morgan fingerprint density at radius 3 is 2.33 bits per heavy atom. The standard InChI is InChI=1S/C31H36ClF3N6O4/c1-18-15-41(29-24(32)12-22(13-36-29)38-26-25(27(42)28(26)43)37-17-31(33,34)35)19(2)14-40(18)23-8-10-39(11-9-23)16-20-4-6-21(7-5-20)30(44)45-3/h4-7,12-13,18-19,23,37-38H,8-11,14-17H2,1-3H3/t18-,19+/m1/s1. The van der Waals surface area contributed by atoms with E-state index in [4.69, 9.17) is 16.3 Å². The molecule has 2 atom stereocenters. The molecule has 0 saturated carbocycles. The van der Waals surface area contributed by atoms with Crippen molar-refractivity contribution in [2.24, 2.45) is 0 Å². The maximum absolute atomic E-state index is 12.6. The highest BCUT2D eigenvalue weighted by Crippen LogP contribution is 2.33. The third kappa shape index (κ3) is 7.42. The van der Waals surface area contributed by atoms with E-state index in [0.717, 1.165) is 44.6 Å². The molecule has 2 aliphatic heterocycles. The van der Waals surface area contributed by atoms with Gasteiger partial charge in [0.1, 0.15) is 23.7 Å². The molecule has 0 unspecified atom stereocenters. The normalized spacial score (nSPS) is 20.4. The van der Waals surface area contributed by atoms with Gasteiger partial charge in [-0.15, -0.1) is 0 Å². The molecular formula is C31H36ClF3N6O4. The van der Waals surface area contributed by atoms with Crippen LogP contribution in [0, 0.1) is 0 Å². The second kappa shape index (κ2) is 13.4. The molecule has 2 N–H and O–H groups in total. The maximum atomic E-state index is 12.6. The molecule has 0 amide bonds. The SMILES string of the molecule is COC(=O)c1ccc(CN2CCC(N3C[C@H](C)N(c4ncc(Nc5c(NCC(F)(F)F)c(=O)c5=O)cc4Cl)C[C@H]3C)CC2)cc1. The second-order valence-electron chi connectivity index (χ2n) is 11.8. The lowest BCUT2D eigenvalue weighted by atomic mass is 9.97. The average Bonchev–Trinajstić information content (AvgIpc) is 3.01. The Hall–Kier alpha value is -3.68. The number of piperidine rings is 1. The zero-order valence-corrected chi connectivity index (χ0v) is 26.0. The summed E-state index contributed by atoms with van der Waals surface area (Å²) >= 11 is 6.62. The van der Waals surface area contributed by atoms with Crippen LogP contribution in [-0.2, 0) is 11.3 Å². The van der Waals surface area contributed by atoms with Gasteiger partial charge in [0.05, 0.1) is 29.6 Å². The van der Waals surface area contributed by atoms with Gasteiger partial charge in [-0.05, 0) is 63.5 Å². The topological polar surface area (TPSA) is 107 Å². The molecule has 10 nitrogen and oxygen atoms in total. The highest BCUT2D eigenvalue weighted by molar-refractivity contribution is 6.33. The first-order valence-electron chi connectivity index (χ1n) is 14.8. The highest BCUT2D eigenvalue weighted by Gasteiger charge is 2.36. The number of carbonyl (C=O) groups is 1. The van der Waals surface area contributed by atoms with Crippen molar-refractivity contribution >= 4 is 40.5 Å². The molecule has 2 fully saturated rings. The monoisotopic (exact) mass is 648 g/mol. The predicted molar refractivity (Wildman–Crippen MR) is 167 cm³/mol. The lowest BCUT2D eigenvalue weighted by Gasteiger charge is -2.49. The Morgan fingerprint density at radius 1 is 1.04 bits per heavy atom. The van der Waals surface area contributed by atoms with Crippen molar-refractivity contribution in [2.45, 2.75) is 57.5 Å². The number of hydrogen-bond donors (Lipinski definition) is 2. The summed E-state index contributed by atoms with van der Waals surface area (Å²) in [4.78, 5) is 47.2. The summed E-state index contributed by atoms with van der Waals surface area (Å²) < 4.78 is 42.6. The smallest absolute Gasteiger partial charge is 0.405 e. The van der Waals surface area contributed by atoms with E-state index in [1.807, 2.05) is 17.4 Å². The molecule has 242 valence electrons. The van der Waals surface area contributed by atoms with E-state index >= 15 is 0 Å². The van der Waals surface area contributed by atoms with E-state index in [1.54, 1.807) is 18.2 Å². The van der Waals surface area contributed by atoms with E-state index < -0.39 is 29.3 Å². The third-order valence-corrected chi connectivity index (χ3v) is 8.86. The predicted octanol–water partition coefficient (Wildman–Crippen LogP) is 4.40. The van der Waals surface area contributed by atoms with Gasteiger partial charge < -0.3 is 20.3 Å². The first-order valence-corrected chi connectivity index (χ1v) is 15.2. The number of alkyl halides is 3. The van der Waals surface area contributed by atoms with Crippen molar-refractivity contribution in [1.29, 1.82) is 0 Å². The van der Waals surface area contributed by atoms with Crippen LogP contribution in [0.5, 0.6) is 0 Å². The van der Waals surface area contributed by atoms with Gasteiger partial charge in [-0.1, -0.05) is 23.7 Å². The van der Waals surface area contributed by atoms with Crippen LogP contribution < -0.4 is 26.4 Å². The molecule has 0 spiro atoms. The van der Waals surface area contributed by atoms with Gasteiger partial charge in [0.15, 0.2) is 0 Å². The van der Waals surface area contributed by atoms with Crippen LogP contribution in [0.2, 0.25) is 5.02 Å². The molecule has 3 aromatic rings. The van der Waals surface area contributed by atoms with Gasteiger partial charge in [-0.3, -0.25) is 19.4 Å². The fraction of sp³-hybridized carbons (Fsp3) is 0.484. The molecule has 14 heteroatoms. The molecule has 5 rings (SSSR count). The number of hydrogen-bond acceptors (Lipinski definition) is 10. The molecule has 1 aromatic heterocycles. The lowest BCUT2D eigenvalue weighted by Crippen LogP contribution is -2.61. The van der Waals surface area contributed by atoms with E-state index in [1.165, 1.54) is 13.3 Å². The summed E-state index contributed by atoms with van der Waals surface area (Å²) in [5, 5.41) is 5.01. The van der Waals surface area contributed by atoms with Crippen molar-refractivity contribution in [3.63, 3.8) is 0 Å². The van der Waals surface area contributed by atoms with Crippen LogP contribution >= 0.6 is 11.6 Å². The summed E-state index contributed by atoms with van der Waals surface area (Å²) in [6.45, 7) is 7.20. The zero-order chi connectivity index (χ0) is 32.5. The van der Waals surface area contributed by atoms with Crippen LogP contribution in [0.3, 0.4) is 0 Å².